The summed E-state index contributed by atoms with van der Waals surface area (Å²) in [7, 11) is 0. The summed E-state index contributed by atoms with van der Waals surface area (Å²) in [6.45, 7) is 20.5. The quantitative estimate of drug-likeness (QED) is 0.211. The average Bonchev–Trinajstić information content (AvgIpc) is 2.69. The molecule has 2 atom stereocenters. The molecular weight excluding hydrogens is 540 g/mol. The molecule has 0 saturated carbocycles. The van der Waals surface area contributed by atoms with E-state index in [1.54, 1.807) is 83.1 Å². The molecule has 0 heterocycles. The summed E-state index contributed by atoms with van der Waals surface area (Å²) in [5.41, 5.74) is -2.49. The van der Waals surface area contributed by atoms with Crippen molar-refractivity contribution in [3.05, 3.63) is 0 Å². The zero-order valence-corrected chi connectivity index (χ0v) is 26.8. The maximum absolute atomic E-state index is 11.5. The Morgan fingerprint density at radius 1 is 0.585 bits per heavy atom. The van der Waals surface area contributed by atoms with Gasteiger partial charge < -0.3 is 39.8 Å². The first-order valence-corrected chi connectivity index (χ1v) is 13.5. The predicted molar refractivity (Wildman–Crippen MR) is 151 cm³/mol. The number of rotatable bonds is 10. The third kappa shape index (κ3) is 26.9. The minimum atomic E-state index is -1.23. The molecule has 240 valence electrons. The van der Waals surface area contributed by atoms with E-state index in [0.717, 1.165) is 0 Å². The average molecular weight is 593 g/mol. The second-order valence-electron chi connectivity index (χ2n) is 13.3. The van der Waals surface area contributed by atoms with Crippen LogP contribution in [0.2, 0.25) is 0 Å². The van der Waals surface area contributed by atoms with Crippen molar-refractivity contribution >= 4 is 30.1 Å². The van der Waals surface area contributed by atoms with E-state index in [2.05, 4.69) is 10.6 Å². The molecule has 0 spiro atoms. The van der Waals surface area contributed by atoms with Crippen molar-refractivity contribution in [2.75, 3.05) is 6.61 Å². The molecule has 0 aliphatic heterocycles. The van der Waals surface area contributed by atoms with Gasteiger partial charge in [0.2, 0.25) is 0 Å². The molecule has 13 heteroatoms. The number of ether oxygens (including phenoxy) is 4. The Balaban J connectivity index is 0. The molecule has 0 radical (unpaired) electrons. The van der Waals surface area contributed by atoms with Crippen molar-refractivity contribution < 1.29 is 53.1 Å². The molecule has 0 bridgehead atoms. The van der Waals surface area contributed by atoms with Gasteiger partial charge in [0.05, 0.1) is 12.6 Å². The topological polar surface area (TPSA) is 187 Å². The Bertz CT molecular complexity index is 860. The summed E-state index contributed by atoms with van der Waals surface area (Å²) in [5.74, 6) is -2.11. The highest BCUT2D eigenvalue weighted by molar-refractivity contribution is 5.81. The van der Waals surface area contributed by atoms with Crippen LogP contribution >= 0.6 is 0 Å². The fourth-order valence-electron chi connectivity index (χ4n) is 2.73. The van der Waals surface area contributed by atoms with E-state index in [-0.39, 0.29) is 31.8 Å². The molecule has 13 nitrogen and oxygen atoms in total. The lowest BCUT2D eigenvalue weighted by molar-refractivity contribution is -0.156. The summed E-state index contributed by atoms with van der Waals surface area (Å²) >= 11 is 0. The number of esters is 2. The van der Waals surface area contributed by atoms with Crippen LogP contribution in [0.3, 0.4) is 0 Å². The van der Waals surface area contributed by atoms with Crippen LogP contribution in [0.5, 0.6) is 0 Å². The van der Waals surface area contributed by atoms with E-state index >= 15 is 0 Å². The molecule has 2 amide bonds. The number of aliphatic carboxylic acids is 1. The Kier molecular flexibility index (Phi) is 16.6. The second kappa shape index (κ2) is 17.0. The predicted octanol–water partition coefficient (Wildman–Crippen LogP) is 4.08. The van der Waals surface area contributed by atoms with Crippen molar-refractivity contribution in [2.45, 2.75) is 143 Å². The third-order valence-corrected chi connectivity index (χ3v) is 4.10. The normalized spacial score (nSPS) is 13.4. The Labute approximate surface area is 244 Å². The lowest BCUT2D eigenvalue weighted by atomic mass is 10.1. The summed E-state index contributed by atoms with van der Waals surface area (Å²) in [4.78, 5) is 57.2. The maximum atomic E-state index is 11.5. The van der Waals surface area contributed by atoms with Crippen molar-refractivity contribution in [2.24, 2.45) is 0 Å². The van der Waals surface area contributed by atoms with Gasteiger partial charge in [0, 0.05) is 12.8 Å². The van der Waals surface area contributed by atoms with Gasteiger partial charge in [-0.15, -0.1) is 0 Å². The monoisotopic (exact) mass is 592 g/mol. The van der Waals surface area contributed by atoms with E-state index in [1.165, 1.54) is 0 Å². The standard InChI is InChI=1S/C14H25NO6.C14H27NO5/c1-13(2,3)20-10(16)8-7-9(11(17)18)15-12(19)21-14(4,5)6;1-13(2,3)19-11(17)8-7-10(9-16)15-12(18)20-14(4,5)6/h9H,7-8H2,1-6H3,(H,15,19)(H,17,18);10,16H,7-9H2,1-6H3,(H,15,18)/t9-;10-/m11/s1. The first kappa shape index (κ1) is 40.1. The Hall–Kier alpha value is -3.09. The lowest BCUT2D eigenvalue weighted by Gasteiger charge is -2.23. The van der Waals surface area contributed by atoms with Gasteiger partial charge in [-0.3, -0.25) is 9.59 Å². The highest BCUT2D eigenvalue weighted by atomic mass is 16.6. The Morgan fingerprint density at radius 2 is 0.927 bits per heavy atom. The van der Waals surface area contributed by atoms with Crippen LogP contribution in [0.25, 0.3) is 0 Å². The fraction of sp³-hybridized carbons (Fsp3) is 0.821. The summed E-state index contributed by atoms with van der Waals surface area (Å²) < 4.78 is 20.3. The number of carbonyl (C=O) groups excluding carboxylic acids is 4. The van der Waals surface area contributed by atoms with Gasteiger partial charge in [0.15, 0.2) is 0 Å². The van der Waals surface area contributed by atoms with E-state index in [1.807, 2.05) is 0 Å². The zero-order chi connectivity index (χ0) is 32.8. The molecule has 0 aliphatic carbocycles. The number of amides is 2. The van der Waals surface area contributed by atoms with Crippen molar-refractivity contribution in [1.29, 1.82) is 0 Å². The van der Waals surface area contributed by atoms with E-state index in [4.69, 9.17) is 24.1 Å². The van der Waals surface area contributed by atoms with Crippen LogP contribution in [-0.2, 0) is 33.3 Å². The van der Waals surface area contributed by atoms with E-state index in [0.29, 0.717) is 6.42 Å². The number of hydrogen-bond acceptors (Lipinski definition) is 10. The SMILES string of the molecule is CC(C)(C)OC(=O)CC[C@@H](NC(=O)OC(C)(C)C)C(=O)O.CC(C)(C)OC(=O)CC[C@H](CO)NC(=O)OC(C)(C)C. The molecule has 0 fully saturated rings. The number of alkyl carbamates (subject to hydrolysis) is 2. The first-order valence-electron chi connectivity index (χ1n) is 13.5. The number of hydrogen-bond donors (Lipinski definition) is 4. The van der Waals surface area contributed by atoms with Gasteiger partial charge in [-0.25, -0.2) is 14.4 Å². The molecule has 41 heavy (non-hydrogen) atoms. The van der Waals surface area contributed by atoms with Gasteiger partial charge in [0.25, 0.3) is 0 Å². The molecule has 0 rings (SSSR count). The minimum absolute atomic E-state index is 0.0660. The largest absolute Gasteiger partial charge is 0.480 e. The first-order chi connectivity index (χ1) is 18.2. The van der Waals surface area contributed by atoms with Crippen LogP contribution < -0.4 is 10.6 Å². The minimum Gasteiger partial charge on any atom is -0.480 e. The number of carboxylic acid groups (broad SMARTS) is 1. The summed E-state index contributed by atoms with van der Waals surface area (Å²) in [6.07, 6.45) is -1.20. The van der Waals surface area contributed by atoms with E-state index in [9.17, 15) is 29.1 Å². The molecular formula is C28H52N2O11. The highest BCUT2D eigenvalue weighted by Crippen LogP contribution is 2.13. The van der Waals surface area contributed by atoms with Crippen molar-refractivity contribution in [1.82, 2.24) is 10.6 Å². The molecule has 0 aromatic heterocycles. The molecule has 0 saturated heterocycles. The number of aliphatic hydroxyl groups is 1. The van der Waals surface area contributed by atoms with Crippen LogP contribution in [-0.4, -0.2) is 81.4 Å². The summed E-state index contributed by atoms with van der Waals surface area (Å²) in [6, 6.07) is -1.73. The van der Waals surface area contributed by atoms with Gasteiger partial charge in [-0.1, -0.05) is 0 Å². The number of carbonyl (C=O) groups is 5. The molecule has 4 N–H and O–H groups in total. The third-order valence-electron chi connectivity index (χ3n) is 4.10. The van der Waals surface area contributed by atoms with Crippen molar-refractivity contribution in [3.63, 3.8) is 0 Å². The highest BCUT2D eigenvalue weighted by Gasteiger charge is 2.26. The van der Waals surface area contributed by atoms with Crippen LogP contribution in [0.1, 0.15) is 109 Å². The lowest BCUT2D eigenvalue weighted by Crippen LogP contribution is -2.43. The second-order valence-corrected chi connectivity index (χ2v) is 13.3. The number of carboxylic acids is 1. The molecule has 0 aromatic rings. The number of nitrogens with one attached hydrogen (secondary N) is 2. The number of aliphatic hydroxyl groups excluding tert-OH is 1. The van der Waals surface area contributed by atoms with Crippen LogP contribution in [0.15, 0.2) is 0 Å². The van der Waals surface area contributed by atoms with Gasteiger partial charge in [-0.05, 0) is 95.9 Å². The maximum Gasteiger partial charge on any atom is 0.408 e. The molecule has 0 aromatic carbocycles. The Morgan fingerprint density at radius 3 is 1.24 bits per heavy atom. The zero-order valence-electron chi connectivity index (χ0n) is 26.8. The van der Waals surface area contributed by atoms with Crippen molar-refractivity contribution in [3.8, 4) is 0 Å². The van der Waals surface area contributed by atoms with E-state index < -0.39 is 58.6 Å². The van der Waals surface area contributed by atoms with Crippen LogP contribution in [0.4, 0.5) is 9.59 Å². The van der Waals surface area contributed by atoms with Gasteiger partial charge in [-0.2, -0.15) is 0 Å². The molecule has 0 unspecified atom stereocenters. The van der Waals surface area contributed by atoms with Gasteiger partial charge >= 0.3 is 30.1 Å². The van der Waals surface area contributed by atoms with Gasteiger partial charge in [0.1, 0.15) is 28.4 Å². The van der Waals surface area contributed by atoms with Crippen LogP contribution in [0, 0.1) is 0 Å². The smallest absolute Gasteiger partial charge is 0.408 e. The summed E-state index contributed by atoms with van der Waals surface area (Å²) in [5, 5.41) is 23.0. The fourth-order valence-corrected chi connectivity index (χ4v) is 2.73. The molecule has 0 aliphatic rings.